The number of esters is 1. The summed E-state index contributed by atoms with van der Waals surface area (Å²) in [5, 5.41) is 1.05. The summed E-state index contributed by atoms with van der Waals surface area (Å²) in [6.07, 6.45) is 8.92. The van der Waals surface area contributed by atoms with Gasteiger partial charge >= 0.3 is 5.97 Å². The number of methoxy groups -OCH3 is 1. The summed E-state index contributed by atoms with van der Waals surface area (Å²) in [5.74, 6) is -0.334. The van der Waals surface area contributed by atoms with E-state index in [1.54, 1.807) is 30.7 Å². The third kappa shape index (κ3) is 2.93. The van der Waals surface area contributed by atoms with Gasteiger partial charge in [-0.3, -0.25) is 0 Å². The molecule has 0 amide bonds. The van der Waals surface area contributed by atoms with E-state index in [1.807, 2.05) is 30.5 Å². The number of benzene rings is 1. The van der Waals surface area contributed by atoms with E-state index in [-0.39, 0.29) is 5.97 Å². The second-order valence-corrected chi connectivity index (χ2v) is 5.86. The zero-order chi connectivity index (χ0) is 17.9. The number of carbonyl (C=O) groups excluding carboxylic acids is 1. The van der Waals surface area contributed by atoms with Crippen LogP contribution in [0.1, 0.15) is 15.9 Å². The number of carbonyl (C=O) groups is 1. The Morgan fingerprint density at radius 2 is 1.85 bits per heavy atom. The van der Waals surface area contributed by atoms with Crippen LogP contribution in [0.25, 0.3) is 22.2 Å². The molecule has 4 rings (SSSR count). The minimum Gasteiger partial charge on any atom is -0.465 e. The van der Waals surface area contributed by atoms with Crippen LogP contribution in [0.2, 0.25) is 0 Å². The maximum Gasteiger partial charge on any atom is 0.337 e. The van der Waals surface area contributed by atoms with Gasteiger partial charge in [0.1, 0.15) is 12.0 Å². The lowest BCUT2D eigenvalue weighted by Gasteiger charge is -2.07. The highest BCUT2D eigenvalue weighted by atomic mass is 16.5. The zero-order valence-electron chi connectivity index (χ0n) is 14.2. The van der Waals surface area contributed by atoms with Crippen molar-refractivity contribution in [2.75, 3.05) is 7.11 Å². The van der Waals surface area contributed by atoms with Crippen molar-refractivity contribution in [2.45, 2.75) is 6.54 Å². The maximum atomic E-state index is 11.5. The summed E-state index contributed by atoms with van der Waals surface area (Å²) in [6.45, 7) is 0.659. The molecule has 0 atom stereocenters. The average Bonchev–Trinajstić information content (AvgIpc) is 3.11. The molecular weight excluding hydrogens is 328 g/mol. The van der Waals surface area contributed by atoms with Gasteiger partial charge in [-0.1, -0.05) is 12.1 Å². The largest absolute Gasteiger partial charge is 0.465 e. The van der Waals surface area contributed by atoms with Crippen molar-refractivity contribution in [3.8, 4) is 11.1 Å². The third-order valence-corrected chi connectivity index (χ3v) is 4.26. The fourth-order valence-corrected chi connectivity index (χ4v) is 2.97. The van der Waals surface area contributed by atoms with E-state index < -0.39 is 0 Å². The third-order valence-electron chi connectivity index (χ3n) is 4.26. The molecule has 0 aliphatic rings. The Morgan fingerprint density at radius 1 is 1.08 bits per heavy atom. The first-order chi connectivity index (χ1) is 12.8. The smallest absolute Gasteiger partial charge is 0.337 e. The molecule has 0 N–H and O–H groups in total. The number of nitrogens with zero attached hydrogens (tertiary/aromatic N) is 4. The normalized spacial score (nSPS) is 10.8. The first kappa shape index (κ1) is 16.0. The van der Waals surface area contributed by atoms with Gasteiger partial charge in [0.25, 0.3) is 0 Å². The highest BCUT2D eigenvalue weighted by molar-refractivity contribution is 5.93. The highest BCUT2D eigenvalue weighted by Gasteiger charge is 2.10. The second-order valence-electron chi connectivity index (χ2n) is 5.86. The first-order valence-corrected chi connectivity index (χ1v) is 8.13. The lowest BCUT2D eigenvalue weighted by molar-refractivity contribution is 0.0600. The van der Waals surface area contributed by atoms with Crippen LogP contribution in [0.4, 0.5) is 0 Å². The Labute approximate surface area is 150 Å². The number of aromatic nitrogens is 4. The molecule has 6 nitrogen and oxygen atoms in total. The molecule has 3 aromatic heterocycles. The predicted molar refractivity (Wildman–Crippen MR) is 97.6 cm³/mol. The molecule has 0 radical (unpaired) electrons. The maximum absolute atomic E-state index is 11.5. The van der Waals surface area contributed by atoms with Crippen LogP contribution >= 0.6 is 0 Å². The Balaban J connectivity index is 1.67. The molecule has 0 saturated heterocycles. The van der Waals surface area contributed by atoms with E-state index in [4.69, 9.17) is 4.74 Å². The quantitative estimate of drug-likeness (QED) is 0.531. The molecule has 0 unspecified atom stereocenters. The van der Waals surface area contributed by atoms with E-state index in [0.29, 0.717) is 12.1 Å². The average molecular weight is 344 g/mol. The van der Waals surface area contributed by atoms with E-state index in [0.717, 1.165) is 27.7 Å². The fourth-order valence-electron chi connectivity index (χ4n) is 2.97. The van der Waals surface area contributed by atoms with Gasteiger partial charge in [-0.25, -0.2) is 19.7 Å². The molecule has 6 heteroatoms. The van der Waals surface area contributed by atoms with Gasteiger partial charge in [0, 0.05) is 42.3 Å². The molecule has 128 valence electrons. The van der Waals surface area contributed by atoms with Crippen molar-refractivity contribution in [3.05, 3.63) is 78.6 Å². The second kappa shape index (κ2) is 6.76. The van der Waals surface area contributed by atoms with Crippen molar-refractivity contribution < 1.29 is 9.53 Å². The summed E-state index contributed by atoms with van der Waals surface area (Å²) in [5.41, 5.74) is 4.52. The summed E-state index contributed by atoms with van der Waals surface area (Å²) < 4.78 is 6.81. The molecular formula is C20H16N4O2. The van der Waals surface area contributed by atoms with Gasteiger partial charge in [0.2, 0.25) is 0 Å². The summed E-state index contributed by atoms with van der Waals surface area (Å²) in [4.78, 5) is 24.3. The number of fused-ring (bicyclic) bond motifs is 1. The first-order valence-electron chi connectivity index (χ1n) is 8.13. The minimum absolute atomic E-state index is 0.334. The molecule has 1 aromatic carbocycles. The Kier molecular flexibility index (Phi) is 4.15. The summed E-state index contributed by atoms with van der Waals surface area (Å²) in [6, 6.07) is 11.4. The summed E-state index contributed by atoms with van der Waals surface area (Å²) >= 11 is 0. The van der Waals surface area contributed by atoms with E-state index >= 15 is 0 Å². The van der Waals surface area contributed by atoms with E-state index in [9.17, 15) is 4.79 Å². The van der Waals surface area contributed by atoms with E-state index in [2.05, 4.69) is 19.5 Å². The van der Waals surface area contributed by atoms with E-state index in [1.165, 1.54) is 13.4 Å². The van der Waals surface area contributed by atoms with Crippen LogP contribution in [-0.2, 0) is 11.3 Å². The van der Waals surface area contributed by atoms with Crippen LogP contribution in [0, 0.1) is 0 Å². The lowest BCUT2D eigenvalue weighted by atomic mass is 10.1. The summed E-state index contributed by atoms with van der Waals surface area (Å²) in [7, 11) is 1.38. The molecule has 0 fully saturated rings. The Bertz CT molecular complexity index is 1060. The molecule has 3 heterocycles. The van der Waals surface area contributed by atoms with Gasteiger partial charge in [0.15, 0.2) is 0 Å². The van der Waals surface area contributed by atoms with Crippen molar-refractivity contribution in [2.24, 2.45) is 0 Å². The number of hydrogen-bond donors (Lipinski definition) is 0. The Hall–Kier alpha value is -3.54. The number of ether oxygens (including phenoxy) is 1. The minimum atomic E-state index is -0.334. The molecule has 0 saturated carbocycles. The van der Waals surface area contributed by atoms with Crippen LogP contribution in [-0.4, -0.2) is 32.6 Å². The van der Waals surface area contributed by atoms with Gasteiger partial charge in [-0.15, -0.1) is 0 Å². The van der Waals surface area contributed by atoms with Gasteiger partial charge in [0.05, 0.1) is 12.7 Å². The van der Waals surface area contributed by atoms with Crippen LogP contribution in [0.3, 0.4) is 0 Å². The van der Waals surface area contributed by atoms with Gasteiger partial charge in [-0.2, -0.15) is 0 Å². The van der Waals surface area contributed by atoms with Gasteiger partial charge < -0.3 is 9.30 Å². The van der Waals surface area contributed by atoms with Crippen LogP contribution in [0.5, 0.6) is 0 Å². The standard InChI is InChI=1S/C20H16N4O2/c1-26-20(25)15-4-2-14(3-5-15)12-24-9-7-18-17(6-8-23-19(18)24)16-10-21-13-22-11-16/h2-11,13H,12H2,1H3. The van der Waals surface area contributed by atoms with Crippen molar-refractivity contribution in [3.63, 3.8) is 0 Å². The van der Waals surface area contributed by atoms with Gasteiger partial charge in [-0.05, 0) is 35.4 Å². The zero-order valence-corrected chi connectivity index (χ0v) is 14.2. The molecule has 0 spiro atoms. The number of rotatable bonds is 4. The Morgan fingerprint density at radius 3 is 2.58 bits per heavy atom. The lowest BCUT2D eigenvalue weighted by Crippen LogP contribution is -2.03. The molecule has 0 aliphatic heterocycles. The fraction of sp³-hybridized carbons (Fsp3) is 0.100. The monoisotopic (exact) mass is 344 g/mol. The van der Waals surface area contributed by atoms with Crippen LogP contribution < -0.4 is 0 Å². The van der Waals surface area contributed by atoms with Crippen molar-refractivity contribution >= 4 is 17.0 Å². The number of pyridine rings is 1. The molecule has 4 aromatic rings. The van der Waals surface area contributed by atoms with Crippen molar-refractivity contribution in [1.29, 1.82) is 0 Å². The predicted octanol–water partition coefficient (Wildman–Crippen LogP) is 3.33. The number of hydrogen-bond acceptors (Lipinski definition) is 5. The van der Waals surface area contributed by atoms with Crippen LogP contribution in [0.15, 0.2) is 67.5 Å². The molecule has 26 heavy (non-hydrogen) atoms. The highest BCUT2D eigenvalue weighted by Crippen LogP contribution is 2.27. The topological polar surface area (TPSA) is 69.9 Å². The SMILES string of the molecule is COC(=O)c1ccc(Cn2ccc3c(-c4cncnc4)ccnc32)cc1. The van der Waals surface area contributed by atoms with Crippen molar-refractivity contribution in [1.82, 2.24) is 19.5 Å². The molecule has 0 aliphatic carbocycles. The molecule has 0 bridgehead atoms.